The molecular formula is C11H14BrNO. The number of methoxy groups -OCH3 is 1. The number of rotatable bonds is 1. The molecule has 0 aromatic heterocycles. The topological polar surface area (TPSA) is 21.3 Å². The third-order valence-corrected chi connectivity index (χ3v) is 3.34. The summed E-state index contributed by atoms with van der Waals surface area (Å²) in [6.45, 7) is 3.25. The number of hydrogen-bond donors (Lipinski definition) is 1. The Morgan fingerprint density at radius 2 is 2.29 bits per heavy atom. The van der Waals surface area contributed by atoms with E-state index in [1.54, 1.807) is 7.11 Å². The van der Waals surface area contributed by atoms with Crippen LogP contribution in [0.2, 0.25) is 0 Å². The SMILES string of the molecule is COc1cc2c(cc1Br)[C@@H](C)NCC2. The van der Waals surface area contributed by atoms with Crippen molar-refractivity contribution in [2.24, 2.45) is 0 Å². The highest BCUT2D eigenvalue weighted by Gasteiger charge is 2.17. The molecule has 0 saturated carbocycles. The Hall–Kier alpha value is -0.540. The molecule has 1 aromatic carbocycles. The first kappa shape index (κ1) is 9.99. The van der Waals surface area contributed by atoms with Crippen molar-refractivity contribution in [1.82, 2.24) is 5.32 Å². The zero-order valence-corrected chi connectivity index (χ0v) is 10.0. The molecule has 1 N–H and O–H groups in total. The van der Waals surface area contributed by atoms with Crippen molar-refractivity contribution in [2.75, 3.05) is 13.7 Å². The van der Waals surface area contributed by atoms with Gasteiger partial charge >= 0.3 is 0 Å². The van der Waals surface area contributed by atoms with Crippen LogP contribution in [0.3, 0.4) is 0 Å². The summed E-state index contributed by atoms with van der Waals surface area (Å²) in [5, 5.41) is 3.44. The maximum Gasteiger partial charge on any atom is 0.133 e. The Morgan fingerprint density at radius 3 is 3.00 bits per heavy atom. The van der Waals surface area contributed by atoms with E-state index in [-0.39, 0.29) is 0 Å². The van der Waals surface area contributed by atoms with Gasteiger partial charge in [0, 0.05) is 6.04 Å². The molecule has 2 nitrogen and oxygen atoms in total. The lowest BCUT2D eigenvalue weighted by molar-refractivity contribution is 0.410. The first-order chi connectivity index (χ1) is 6.72. The Balaban J connectivity index is 2.48. The molecule has 0 bridgehead atoms. The quantitative estimate of drug-likeness (QED) is 0.834. The van der Waals surface area contributed by atoms with Crippen molar-refractivity contribution in [2.45, 2.75) is 19.4 Å². The largest absolute Gasteiger partial charge is 0.496 e. The molecule has 76 valence electrons. The molecular weight excluding hydrogens is 242 g/mol. The van der Waals surface area contributed by atoms with Gasteiger partial charge < -0.3 is 10.1 Å². The van der Waals surface area contributed by atoms with Crippen LogP contribution in [0.25, 0.3) is 0 Å². The van der Waals surface area contributed by atoms with Crippen molar-refractivity contribution in [3.63, 3.8) is 0 Å². The number of benzene rings is 1. The lowest BCUT2D eigenvalue weighted by Gasteiger charge is -2.24. The Bertz CT molecular complexity index is 351. The molecule has 1 aliphatic heterocycles. The fourth-order valence-corrected chi connectivity index (χ4v) is 2.44. The molecule has 0 fully saturated rings. The molecule has 1 atom stereocenters. The van der Waals surface area contributed by atoms with E-state index in [1.807, 2.05) is 0 Å². The fraction of sp³-hybridized carbons (Fsp3) is 0.455. The van der Waals surface area contributed by atoms with Crippen LogP contribution < -0.4 is 10.1 Å². The van der Waals surface area contributed by atoms with E-state index in [2.05, 4.69) is 40.3 Å². The summed E-state index contributed by atoms with van der Waals surface area (Å²) < 4.78 is 6.32. The van der Waals surface area contributed by atoms with Gasteiger partial charge in [-0.15, -0.1) is 0 Å². The molecule has 1 heterocycles. The minimum atomic E-state index is 0.445. The number of hydrogen-bond acceptors (Lipinski definition) is 2. The molecule has 0 radical (unpaired) electrons. The standard InChI is InChI=1S/C11H14BrNO/c1-7-9-6-10(12)11(14-2)5-8(9)3-4-13-7/h5-7,13H,3-4H2,1-2H3/t7-/m1/s1. The number of nitrogens with one attached hydrogen (secondary N) is 1. The summed E-state index contributed by atoms with van der Waals surface area (Å²) in [6, 6.07) is 4.74. The van der Waals surface area contributed by atoms with Gasteiger partial charge in [0.2, 0.25) is 0 Å². The van der Waals surface area contributed by atoms with Crippen molar-refractivity contribution in [3.05, 3.63) is 27.7 Å². The molecule has 1 aromatic rings. The van der Waals surface area contributed by atoms with Crippen LogP contribution in [-0.2, 0) is 6.42 Å². The minimum Gasteiger partial charge on any atom is -0.496 e. The highest BCUT2D eigenvalue weighted by molar-refractivity contribution is 9.10. The third kappa shape index (κ3) is 1.66. The molecule has 0 spiro atoms. The van der Waals surface area contributed by atoms with E-state index >= 15 is 0 Å². The van der Waals surface area contributed by atoms with Gasteiger partial charge in [0.05, 0.1) is 11.6 Å². The van der Waals surface area contributed by atoms with Gasteiger partial charge in [-0.2, -0.15) is 0 Å². The normalized spacial score (nSPS) is 20.4. The Kier molecular flexibility index (Phi) is 2.79. The van der Waals surface area contributed by atoms with Gasteiger partial charge in [0.1, 0.15) is 5.75 Å². The van der Waals surface area contributed by atoms with Crippen molar-refractivity contribution >= 4 is 15.9 Å². The number of fused-ring (bicyclic) bond motifs is 1. The van der Waals surface area contributed by atoms with Crippen LogP contribution in [0.4, 0.5) is 0 Å². The van der Waals surface area contributed by atoms with Crippen LogP contribution >= 0.6 is 15.9 Å². The fourth-order valence-electron chi connectivity index (χ4n) is 1.92. The molecule has 3 heteroatoms. The smallest absolute Gasteiger partial charge is 0.133 e. The predicted octanol–water partition coefficient (Wildman–Crippen LogP) is 2.66. The maximum absolute atomic E-state index is 5.28. The third-order valence-electron chi connectivity index (χ3n) is 2.73. The number of ether oxygens (including phenoxy) is 1. The molecule has 0 aliphatic carbocycles. The molecule has 0 saturated heterocycles. The summed E-state index contributed by atoms with van der Waals surface area (Å²) in [6.07, 6.45) is 1.09. The van der Waals surface area contributed by atoms with Crippen LogP contribution in [-0.4, -0.2) is 13.7 Å². The van der Waals surface area contributed by atoms with Gasteiger partial charge in [-0.3, -0.25) is 0 Å². The highest BCUT2D eigenvalue weighted by atomic mass is 79.9. The lowest BCUT2D eigenvalue weighted by Crippen LogP contribution is -2.27. The van der Waals surface area contributed by atoms with Gasteiger partial charge in [-0.05, 0) is 59.1 Å². The maximum atomic E-state index is 5.28. The van der Waals surface area contributed by atoms with E-state index in [4.69, 9.17) is 4.74 Å². The van der Waals surface area contributed by atoms with Crippen LogP contribution in [0.1, 0.15) is 24.1 Å². The second-order valence-corrected chi connectivity index (χ2v) is 4.47. The van der Waals surface area contributed by atoms with Gasteiger partial charge in [0.15, 0.2) is 0 Å². The van der Waals surface area contributed by atoms with Gasteiger partial charge in [0.25, 0.3) is 0 Å². The zero-order valence-electron chi connectivity index (χ0n) is 8.43. The average Bonchev–Trinajstić information content (AvgIpc) is 2.19. The minimum absolute atomic E-state index is 0.445. The number of halogens is 1. The average molecular weight is 256 g/mol. The van der Waals surface area contributed by atoms with E-state index in [9.17, 15) is 0 Å². The first-order valence-electron chi connectivity index (χ1n) is 4.82. The van der Waals surface area contributed by atoms with Crippen LogP contribution in [0, 0.1) is 0 Å². The zero-order chi connectivity index (χ0) is 10.1. The lowest BCUT2D eigenvalue weighted by atomic mass is 9.95. The molecule has 0 amide bonds. The van der Waals surface area contributed by atoms with E-state index in [0.717, 1.165) is 23.2 Å². The molecule has 1 aliphatic rings. The monoisotopic (exact) mass is 255 g/mol. The van der Waals surface area contributed by atoms with Crippen LogP contribution in [0.15, 0.2) is 16.6 Å². The van der Waals surface area contributed by atoms with Gasteiger partial charge in [-0.1, -0.05) is 0 Å². The predicted molar refractivity (Wildman–Crippen MR) is 60.8 cm³/mol. The first-order valence-corrected chi connectivity index (χ1v) is 5.61. The van der Waals surface area contributed by atoms with Gasteiger partial charge in [-0.25, -0.2) is 0 Å². The summed E-state index contributed by atoms with van der Waals surface area (Å²) >= 11 is 3.51. The Labute approximate surface area is 92.8 Å². The highest BCUT2D eigenvalue weighted by Crippen LogP contribution is 2.33. The van der Waals surface area contributed by atoms with Crippen molar-refractivity contribution in [3.8, 4) is 5.75 Å². The van der Waals surface area contributed by atoms with Crippen molar-refractivity contribution in [1.29, 1.82) is 0 Å². The van der Waals surface area contributed by atoms with E-state index in [1.165, 1.54) is 11.1 Å². The van der Waals surface area contributed by atoms with Crippen molar-refractivity contribution < 1.29 is 4.74 Å². The van der Waals surface area contributed by atoms with Crippen LogP contribution in [0.5, 0.6) is 5.75 Å². The second-order valence-electron chi connectivity index (χ2n) is 3.61. The Morgan fingerprint density at radius 1 is 1.50 bits per heavy atom. The summed E-state index contributed by atoms with van der Waals surface area (Å²) in [7, 11) is 1.71. The molecule has 0 unspecified atom stereocenters. The molecule has 2 rings (SSSR count). The molecule has 14 heavy (non-hydrogen) atoms. The summed E-state index contributed by atoms with van der Waals surface area (Å²) in [5.41, 5.74) is 2.78. The summed E-state index contributed by atoms with van der Waals surface area (Å²) in [5.74, 6) is 0.929. The summed E-state index contributed by atoms with van der Waals surface area (Å²) in [4.78, 5) is 0. The van der Waals surface area contributed by atoms with E-state index in [0.29, 0.717) is 6.04 Å². The van der Waals surface area contributed by atoms with E-state index < -0.39 is 0 Å². The second kappa shape index (κ2) is 3.91.